The van der Waals surface area contributed by atoms with Crippen LogP contribution in [0.25, 0.3) is 0 Å². The summed E-state index contributed by atoms with van der Waals surface area (Å²) in [6.07, 6.45) is 8.09. The average molecular weight is 184 g/mol. The van der Waals surface area contributed by atoms with Gasteiger partial charge in [-0.3, -0.25) is 0 Å². The molecule has 2 rings (SSSR count). The fourth-order valence-electron chi connectivity index (χ4n) is 1.73. The SMILES string of the molecule is O=S1(=O)CC2=C1/C=C/CCCC2. The van der Waals surface area contributed by atoms with Crippen molar-refractivity contribution < 1.29 is 8.42 Å². The van der Waals surface area contributed by atoms with Crippen LogP contribution < -0.4 is 0 Å². The van der Waals surface area contributed by atoms with Crippen LogP contribution in [-0.2, 0) is 9.84 Å². The smallest absolute Gasteiger partial charge is 0.182 e. The summed E-state index contributed by atoms with van der Waals surface area (Å²) < 4.78 is 22.4. The predicted octanol–water partition coefficient (Wildman–Crippen LogP) is 1.80. The molecule has 0 aromatic carbocycles. The second-order valence-electron chi connectivity index (χ2n) is 3.38. The van der Waals surface area contributed by atoms with Crippen LogP contribution in [-0.4, -0.2) is 14.2 Å². The first-order chi connectivity index (χ1) is 5.70. The van der Waals surface area contributed by atoms with Gasteiger partial charge < -0.3 is 0 Å². The number of hydrogen-bond donors (Lipinski definition) is 0. The van der Waals surface area contributed by atoms with E-state index in [9.17, 15) is 8.42 Å². The van der Waals surface area contributed by atoms with E-state index in [2.05, 4.69) is 0 Å². The highest BCUT2D eigenvalue weighted by molar-refractivity contribution is 7.97. The van der Waals surface area contributed by atoms with Crippen molar-refractivity contribution in [1.82, 2.24) is 0 Å². The molecule has 0 bridgehead atoms. The van der Waals surface area contributed by atoms with Crippen molar-refractivity contribution in [2.45, 2.75) is 25.7 Å². The number of rotatable bonds is 0. The molecule has 0 aromatic rings. The molecule has 66 valence electrons. The van der Waals surface area contributed by atoms with E-state index in [1.807, 2.05) is 6.08 Å². The third-order valence-corrected chi connectivity index (χ3v) is 4.24. The summed E-state index contributed by atoms with van der Waals surface area (Å²) in [5.41, 5.74) is 1.14. The first kappa shape index (κ1) is 8.05. The Morgan fingerprint density at radius 3 is 2.83 bits per heavy atom. The largest absolute Gasteiger partial charge is 0.223 e. The molecule has 1 aliphatic carbocycles. The molecule has 0 N–H and O–H groups in total. The van der Waals surface area contributed by atoms with Crippen molar-refractivity contribution >= 4 is 9.84 Å². The van der Waals surface area contributed by atoms with Crippen molar-refractivity contribution in [2.75, 3.05) is 5.75 Å². The molecule has 0 atom stereocenters. The number of hydrogen-bond acceptors (Lipinski definition) is 2. The van der Waals surface area contributed by atoms with Crippen LogP contribution in [0.5, 0.6) is 0 Å². The van der Waals surface area contributed by atoms with Crippen molar-refractivity contribution in [3.05, 3.63) is 22.6 Å². The molecule has 1 aliphatic heterocycles. The maximum absolute atomic E-state index is 11.2. The van der Waals surface area contributed by atoms with Gasteiger partial charge in [0.15, 0.2) is 9.84 Å². The highest BCUT2D eigenvalue weighted by atomic mass is 32.2. The molecule has 0 saturated carbocycles. The standard InChI is InChI=1S/C9H12O2S/c10-12(11)7-8-5-3-1-2-4-6-9(8)12/h4,6H,1-3,5,7H2/b6-4+. The normalized spacial score (nSPS) is 29.7. The van der Waals surface area contributed by atoms with Crippen molar-refractivity contribution in [3.63, 3.8) is 0 Å². The Hall–Kier alpha value is -0.570. The van der Waals surface area contributed by atoms with E-state index in [1.165, 1.54) is 6.42 Å². The first-order valence-corrected chi connectivity index (χ1v) is 5.97. The molecule has 0 aromatic heterocycles. The third kappa shape index (κ3) is 1.22. The second kappa shape index (κ2) is 2.73. The maximum Gasteiger partial charge on any atom is 0.182 e. The van der Waals surface area contributed by atoms with Crippen LogP contribution in [0, 0.1) is 0 Å². The zero-order valence-electron chi connectivity index (χ0n) is 6.91. The number of sulfone groups is 1. The van der Waals surface area contributed by atoms with E-state index in [4.69, 9.17) is 0 Å². The minimum atomic E-state index is -2.83. The van der Waals surface area contributed by atoms with Gasteiger partial charge in [0.25, 0.3) is 0 Å². The van der Waals surface area contributed by atoms with Crippen molar-refractivity contribution in [2.24, 2.45) is 0 Å². The minimum absolute atomic E-state index is 0.312. The van der Waals surface area contributed by atoms with Gasteiger partial charge in [-0.15, -0.1) is 0 Å². The zero-order chi connectivity index (χ0) is 8.60. The van der Waals surface area contributed by atoms with Gasteiger partial charge in [-0.1, -0.05) is 6.08 Å². The van der Waals surface area contributed by atoms with Gasteiger partial charge in [0.05, 0.1) is 10.7 Å². The van der Waals surface area contributed by atoms with Gasteiger partial charge in [0.1, 0.15) is 0 Å². The second-order valence-corrected chi connectivity index (χ2v) is 5.33. The highest BCUT2D eigenvalue weighted by Gasteiger charge is 2.31. The van der Waals surface area contributed by atoms with Gasteiger partial charge in [-0.2, -0.15) is 0 Å². The minimum Gasteiger partial charge on any atom is -0.223 e. The molecular formula is C9H12O2S. The molecule has 0 spiro atoms. The van der Waals surface area contributed by atoms with E-state index >= 15 is 0 Å². The summed E-state index contributed by atoms with van der Waals surface area (Å²) in [4.78, 5) is 0.613. The topological polar surface area (TPSA) is 34.1 Å². The highest BCUT2D eigenvalue weighted by Crippen LogP contribution is 2.33. The van der Waals surface area contributed by atoms with Crippen LogP contribution in [0.15, 0.2) is 22.6 Å². The van der Waals surface area contributed by atoms with Crippen LogP contribution >= 0.6 is 0 Å². The van der Waals surface area contributed by atoms with Crippen molar-refractivity contribution in [1.29, 1.82) is 0 Å². The molecular weight excluding hydrogens is 172 g/mol. The lowest BCUT2D eigenvalue weighted by molar-refractivity contribution is 0.596. The van der Waals surface area contributed by atoms with E-state index in [-0.39, 0.29) is 0 Å². The van der Waals surface area contributed by atoms with Crippen LogP contribution in [0.1, 0.15) is 25.7 Å². The summed E-state index contributed by atoms with van der Waals surface area (Å²) in [5.74, 6) is 0.312. The maximum atomic E-state index is 11.2. The summed E-state index contributed by atoms with van der Waals surface area (Å²) in [5, 5.41) is 0. The van der Waals surface area contributed by atoms with Crippen LogP contribution in [0.4, 0.5) is 0 Å². The summed E-state index contributed by atoms with van der Waals surface area (Å²) in [6.45, 7) is 0. The van der Waals surface area contributed by atoms with Crippen LogP contribution in [0.3, 0.4) is 0 Å². The van der Waals surface area contributed by atoms with E-state index in [0.717, 1.165) is 24.8 Å². The van der Waals surface area contributed by atoms with E-state index < -0.39 is 9.84 Å². The lowest BCUT2D eigenvalue weighted by Crippen LogP contribution is -2.23. The van der Waals surface area contributed by atoms with Gasteiger partial charge in [-0.25, -0.2) is 8.42 Å². The Bertz CT molecular complexity index is 347. The Morgan fingerprint density at radius 2 is 2.08 bits per heavy atom. The third-order valence-electron chi connectivity index (χ3n) is 2.42. The zero-order valence-corrected chi connectivity index (χ0v) is 7.73. The molecule has 0 radical (unpaired) electrons. The monoisotopic (exact) mass is 184 g/mol. The molecule has 2 nitrogen and oxygen atoms in total. The molecule has 12 heavy (non-hydrogen) atoms. The summed E-state index contributed by atoms with van der Waals surface area (Å²) >= 11 is 0. The summed E-state index contributed by atoms with van der Waals surface area (Å²) in [7, 11) is -2.83. The Balaban J connectivity index is 2.35. The fourth-order valence-corrected chi connectivity index (χ4v) is 3.31. The number of allylic oxidation sites excluding steroid dienone is 2. The average Bonchev–Trinajstić information content (AvgIpc) is 1.95. The predicted molar refractivity (Wildman–Crippen MR) is 48.4 cm³/mol. The van der Waals surface area contributed by atoms with E-state index in [1.54, 1.807) is 6.08 Å². The quantitative estimate of drug-likeness (QED) is 0.575. The summed E-state index contributed by atoms with van der Waals surface area (Å²) in [6, 6.07) is 0. The molecule has 1 heterocycles. The molecule has 0 fully saturated rings. The fraction of sp³-hybridized carbons (Fsp3) is 0.556. The van der Waals surface area contributed by atoms with Crippen molar-refractivity contribution in [3.8, 4) is 0 Å². The Labute approximate surface area is 72.9 Å². The molecule has 0 saturated heterocycles. The van der Waals surface area contributed by atoms with Gasteiger partial charge in [0.2, 0.25) is 0 Å². The Kier molecular flexibility index (Phi) is 1.83. The van der Waals surface area contributed by atoms with E-state index in [0.29, 0.717) is 10.7 Å². The first-order valence-electron chi connectivity index (χ1n) is 4.31. The van der Waals surface area contributed by atoms with Gasteiger partial charge in [-0.05, 0) is 37.3 Å². The lowest BCUT2D eigenvalue weighted by Gasteiger charge is -2.23. The van der Waals surface area contributed by atoms with Gasteiger partial charge >= 0.3 is 0 Å². The Morgan fingerprint density at radius 1 is 1.25 bits per heavy atom. The molecule has 3 heteroatoms. The van der Waals surface area contributed by atoms with Crippen LogP contribution in [0.2, 0.25) is 0 Å². The molecule has 2 aliphatic rings. The molecule has 0 unspecified atom stereocenters. The lowest BCUT2D eigenvalue weighted by atomic mass is 10.0. The van der Waals surface area contributed by atoms with Gasteiger partial charge in [0, 0.05) is 0 Å². The molecule has 0 amide bonds.